The van der Waals surface area contributed by atoms with Crippen molar-refractivity contribution in [2.45, 2.75) is 20.0 Å². The number of carbonyl (C=O) groups excluding carboxylic acids is 1. The molecule has 0 spiro atoms. The molecule has 2 heterocycles. The molecule has 0 atom stereocenters. The van der Waals surface area contributed by atoms with Gasteiger partial charge in [0.05, 0.1) is 11.5 Å². The summed E-state index contributed by atoms with van der Waals surface area (Å²) < 4.78 is 57.2. The molecule has 7 nitrogen and oxygen atoms in total. The fraction of sp³-hybridized carbons (Fsp3) is 0.423. The van der Waals surface area contributed by atoms with Gasteiger partial charge in [0.25, 0.3) is 0 Å². The second-order valence-electron chi connectivity index (χ2n) is 9.29. The number of likely N-dealkylation sites (tertiary alicyclic amines) is 1. The first kappa shape index (κ1) is 26.2. The second-order valence-corrected chi connectivity index (χ2v) is 11.2. The number of piperazine rings is 1. The van der Waals surface area contributed by atoms with Crippen LogP contribution in [0.4, 0.5) is 13.6 Å². The maximum absolute atomic E-state index is 13.7. The van der Waals surface area contributed by atoms with Crippen molar-refractivity contribution in [3.63, 3.8) is 0 Å². The Balaban J connectivity index is 1.32. The van der Waals surface area contributed by atoms with Crippen LogP contribution < -0.4 is 0 Å². The molecule has 0 bridgehead atoms. The molecule has 10 heteroatoms. The highest BCUT2D eigenvalue weighted by Gasteiger charge is 2.29. The molecule has 0 radical (unpaired) electrons. The van der Waals surface area contributed by atoms with Crippen molar-refractivity contribution in [1.82, 2.24) is 14.7 Å². The van der Waals surface area contributed by atoms with Crippen molar-refractivity contribution in [3.05, 3.63) is 76.4 Å². The van der Waals surface area contributed by atoms with Crippen molar-refractivity contribution in [2.75, 3.05) is 52.1 Å². The van der Waals surface area contributed by atoms with Crippen molar-refractivity contribution in [3.8, 4) is 0 Å². The van der Waals surface area contributed by atoms with Crippen molar-refractivity contribution in [1.29, 1.82) is 0 Å². The molecular formula is C26H31F2N3O4S. The third kappa shape index (κ3) is 6.48. The Labute approximate surface area is 210 Å². The summed E-state index contributed by atoms with van der Waals surface area (Å²) in [7, 11) is -3.65. The van der Waals surface area contributed by atoms with Gasteiger partial charge in [0.2, 0.25) is 0 Å². The monoisotopic (exact) mass is 519 g/mol. The normalized spacial score (nSPS) is 17.1. The number of halogens is 2. The molecular weight excluding hydrogens is 488 g/mol. The van der Waals surface area contributed by atoms with Crippen LogP contribution in [0.5, 0.6) is 0 Å². The molecule has 2 aromatic carbocycles. The lowest BCUT2D eigenvalue weighted by molar-refractivity contribution is 0.0778. The number of hydrogen-bond donors (Lipinski definition) is 0. The molecule has 0 saturated carbocycles. The standard InChI is InChI=1S/C26H31F2N3O4S/c1-3-35-26(32)31-10-8-29(9-11-31)15-19-4-6-20(7-5-19)16-30-17-22(18-30)25(36(2,33)34)21-12-23(27)14-24(28)13-21/h4-7,12-14H,3,8-11,15-18H2,1-2H3. The van der Waals surface area contributed by atoms with Gasteiger partial charge < -0.3 is 9.64 Å². The maximum atomic E-state index is 13.7. The number of hydrogen-bond acceptors (Lipinski definition) is 6. The Kier molecular flexibility index (Phi) is 8.07. The second kappa shape index (κ2) is 11.1. The quantitative estimate of drug-likeness (QED) is 0.558. The molecule has 4 rings (SSSR count). The van der Waals surface area contributed by atoms with E-state index in [9.17, 15) is 22.0 Å². The number of carbonyl (C=O) groups is 1. The van der Waals surface area contributed by atoms with Gasteiger partial charge in [-0.2, -0.15) is 0 Å². The summed E-state index contributed by atoms with van der Waals surface area (Å²) in [5.74, 6) is -1.60. The molecule has 2 aromatic rings. The Morgan fingerprint density at radius 3 is 1.92 bits per heavy atom. The molecule has 2 aliphatic rings. The van der Waals surface area contributed by atoms with E-state index in [4.69, 9.17) is 4.74 Å². The number of nitrogens with zero attached hydrogens (tertiary/aromatic N) is 3. The molecule has 0 aliphatic carbocycles. The van der Waals surface area contributed by atoms with Gasteiger partial charge in [0, 0.05) is 64.7 Å². The summed E-state index contributed by atoms with van der Waals surface area (Å²) >= 11 is 0. The number of sulfone groups is 1. The van der Waals surface area contributed by atoms with Gasteiger partial charge in [-0.3, -0.25) is 9.80 Å². The Morgan fingerprint density at radius 2 is 1.42 bits per heavy atom. The van der Waals surface area contributed by atoms with E-state index in [1.165, 1.54) is 5.56 Å². The average Bonchev–Trinajstić information content (AvgIpc) is 2.78. The average molecular weight is 520 g/mol. The molecule has 2 saturated heterocycles. The summed E-state index contributed by atoms with van der Waals surface area (Å²) in [5, 5.41) is 0. The SMILES string of the molecule is CCOC(=O)N1CCN(Cc2ccc(CN3CC(=C(c4cc(F)cc(F)c4)S(C)(=O)=O)C3)cc2)CC1. The summed E-state index contributed by atoms with van der Waals surface area (Å²) in [6.45, 7) is 7.37. The van der Waals surface area contributed by atoms with Crippen LogP contribution in [0.25, 0.3) is 4.91 Å². The Morgan fingerprint density at radius 1 is 0.889 bits per heavy atom. The molecule has 1 amide bonds. The molecule has 2 fully saturated rings. The van der Waals surface area contributed by atoms with Gasteiger partial charge in [-0.05, 0) is 41.3 Å². The van der Waals surface area contributed by atoms with E-state index < -0.39 is 21.5 Å². The van der Waals surface area contributed by atoms with E-state index >= 15 is 0 Å². The van der Waals surface area contributed by atoms with Crippen molar-refractivity contribution >= 4 is 20.8 Å². The topological polar surface area (TPSA) is 70.2 Å². The highest BCUT2D eigenvalue weighted by Crippen LogP contribution is 2.31. The zero-order chi connectivity index (χ0) is 25.9. The third-order valence-corrected chi connectivity index (χ3v) is 7.65. The summed E-state index contributed by atoms with van der Waals surface area (Å²) in [6.07, 6.45) is 0.813. The number of benzene rings is 2. The molecule has 0 aromatic heterocycles. The minimum Gasteiger partial charge on any atom is -0.450 e. The van der Waals surface area contributed by atoms with Gasteiger partial charge in [-0.25, -0.2) is 22.0 Å². The summed E-state index contributed by atoms with van der Waals surface area (Å²) in [4.78, 5) is 18.0. The van der Waals surface area contributed by atoms with Crippen molar-refractivity contribution < 1.29 is 26.7 Å². The van der Waals surface area contributed by atoms with Gasteiger partial charge in [0.15, 0.2) is 9.84 Å². The minimum absolute atomic E-state index is 0.00977. The number of amides is 1. The van der Waals surface area contributed by atoms with Crippen LogP contribution in [-0.4, -0.2) is 81.3 Å². The van der Waals surface area contributed by atoms with E-state index in [1.807, 2.05) is 0 Å². The summed E-state index contributed by atoms with van der Waals surface area (Å²) in [6, 6.07) is 11.1. The van der Waals surface area contributed by atoms with Gasteiger partial charge in [-0.15, -0.1) is 0 Å². The van der Waals surface area contributed by atoms with E-state index in [1.54, 1.807) is 11.8 Å². The van der Waals surface area contributed by atoms with Gasteiger partial charge in [-0.1, -0.05) is 24.3 Å². The van der Waals surface area contributed by atoms with Crippen LogP contribution in [-0.2, 0) is 27.7 Å². The Hall–Kier alpha value is -2.82. The lowest BCUT2D eigenvalue weighted by atomic mass is 10.0. The molecule has 0 unspecified atom stereocenters. The molecule has 36 heavy (non-hydrogen) atoms. The van der Waals surface area contributed by atoms with Crippen LogP contribution in [0.1, 0.15) is 23.6 Å². The van der Waals surface area contributed by atoms with Crippen LogP contribution in [0.2, 0.25) is 0 Å². The molecule has 2 aliphatic heterocycles. The van der Waals surface area contributed by atoms with E-state index in [2.05, 4.69) is 34.1 Å². The van der Waals surface area contributed by atoms with Crippen molar-refractivity contribution in [2.24, 2.45) is 0 Å². The van der Waals surface area contributed by atoms with Gasteiger partial charge >= 0.3 is 6.09 Å². The largest absolute Gasteiger partial charge is 0.450 e. The Bertz CT molecular complexity index is 1210. The first-order valence-corrected chi connectivity index (χ1v) is 13.8. The van der Waals surface area contributed by atoms with E-state index in [0.717, 1.165) is 49.7 Å². The van der Waals surface area contributed by atoms with E-state index in [-0.39, 0.29) is 16.6 Å². The first-order valence-electron chi connectivity index (χ1n) is 11.9. The lowest BCUT2D eigenvalue weighted by Gasteiger charge is -2.36. The lowest BCUT2D eigenvalue weighted by Crippen LogP contribution is -2.48. The van der Waals surface area contributed by atoms with Crippen LogP contribution >= 0.6 is 0 Å². The first-order chi connectivity index (χ1) is 17.1. The fourth-order valence-corrected chi connectivity index (χ4v) is 5.88. The highest BCUT2D eigenvalue weighted by atomic mass is 32.2. The zero-order valence-corrected chi connectivity index (χ0v) is 21.4. The summed E-state index contributed by atoms with van der Waals surface area (Å²) in [5.41, 5.74) is 2.99. The molecule has 0 N–H and O–H groups in total. The molecule has 194 valence electrons. The number of rotatable bonds is 7. The minimum atomic E-state index is -3.65. The van der Waals surface area contributed by atoms with Gasteiger partial charge in [0.1, 0.15) is 11.6 Å². The predicted molar refractivity (Wildman–Crippen MR) is 134 cm³/mol. The smallest absolute Gasteiger partial charge is 0.409 e. The predicted octanol–water partition coefficient (Wildman–Crippen LogP) is 3.51. The highest BCUT2D eigenvalue weighted by molar-refractivity contribution is 8.00. The zero-order valence-electron chi connectivity index (χ0n) is 20.5. The number of ether oxygens (including phenoxy) is 1. The van der Waals surface area contributed by atoms with Crippen LogP contribution in [0, 0.1) is 11.6 Å². The van der Waals surface area contributed by atoms with Crippen LogP contribution in [0.15, 0.2) is 48.0 Å². The fourth-order valence-electron chi connectivity index (χ4n) is 4.68. The van der Waals surface area contributed by atoms with E-state index in [0.29, 0.717) is 44.9 Å². The van der Waals surface area contributed by atoms with Crippen LogP contribution in [0.3, 0.4) is 0 Å². The maximum Gasteiger partial charge on any atom is 0.409 e. The third-order valence-electron chi connectivity index (χ3n) is 6.38.